The zero-order valence-electron chi connectivity index (χ0n) is 12.6. The second kappa shape index (κ2) is 6.06. The van der Waals surface area contributed by atoms with Gasteiger partial charge < -0.3 is 5.11 Å². The Labute approximate surface area is 117 Å². The summed E-state index contributed by atoms with van der Waals surface area (Å²) < 4.78 is 0. The Bertz CT molecular complexity index is 403. The molecule has 0 spiro atoms. The minimum atomic E-state index is -0.325. The van der Waals surface area contributed by atoms with Crippen molar-refractivity contribution in [2.75, 3.05) is 13.1 Å². The molecule has 19 heavy (non-hydrogen) atoms. The maximum atomic E-state index is 10.6. The SMILES string of the molecule is CC(C)CN(CC(C)C)C1Cc2ccccc2C1O. The van der Waals surface area contributed by atoms with Gasteiger partial charge in [-0.2, -0.15) is 0 Å². The summed E-state index contributed by atoms with van der Waals surface area (Å²) in [5.41, 5.74) is 2.45. The van der Waals surface area contributed by atoms with Gasteiger partial charge in [0, 0.05) is 19.1 Å². The molecule has 2 unspecified atom stereocenters. The van der Waals surface area contributed by atoms with Crippen LogP contribution in [0.1, 0.15) is 44.9 Å². The maximum Gasteiger partial charge on any atom is 0.0951 e. The molecule has 106 valence electrons. The Balaban J connectivity index is 2.15. The van der Waals surface area contributed by atoms with Crippen molar-refractivity contribution in [3.63, 3.8) is 0 Å². The number of benzene rings is 1. The average molecular weight is 261 g/mol. The van der Waals surface area contributed by atoms with Gasteiger partial charge in [-0.1, -0.05) is 52.0 Å². The van der Waals surface area contributed by atoms with Crippen molar-refractivity contribution in [3.05, 3.63) is 35.4 Å². The number of aliphatic hydroxyl groups is 1. The summed E-state index contributed by atoms with van der Waals surface area (Å²) in [5.74, 6) is 1.27. The third-order valence-electron chi connectivity index (χ3n) is 3.84. The van der Waals surface area contributed by atoms with Crippen molar-refractivity contribution in [3.8, 4) is 0 Å². The van der Waals surface area contributed by atoms with Crippen LogP contribution >= 0.6 is 0 Å². The Morgan fingerprint density at radius 1 is 1.11 bits per heavy atom. The lowest BCUT2D eigenvalue weighted by molar-refractivity contribution is 0.0468. The van der Waals surface area contributed by atoms with E-state index in [0.29, 0.717) is 11.8 Å². The summed E-state index contributed by atoms with van der Waals surface area (Å²) in [4.78, 5) is 2.49. The first-order valence-electron chi connectivity index (χ1n) is 7.49. The summed E-state index contributed by atoms with van der Waals surface area (Å²) in [5, 5.41) is 10.6. The number of nitrogens with zero attached hydrogens (tertiary/aromatic N) is 1. The third kappa shape index (κ3) is 3.37. The monoisotopic (exact) mass is 261 g/mol. The molecule has 2 rings (SSSR count). The highest BCUT2D eigenvalue weighted by Crippen LogP contribution is 2.34. The largest absolute Gasteiger partial charge is 0.387 e. The number of rotatable bonds is 5. The van der Waals surface area contributed by atoms with Crippen molar-refractivity contribution in [2.24, 2.45) is 11.8 Å². The summed E-state index contributed by atoms with van der Waals surface area (Å²) >= 11 is 0. The zero-order chi connectivity index (χ0) is 14.0. The lowest BCUT2D eigenvalue weighted by Gasteiger charge is -2.33. The molecule has 2 atom stereocenters. The second-order valence-electron chi connectivity index (χ2n) is 6.66. The molecule has 1 aromatic rings. The smallest absolute Gasteiger partial charge is 0.0951 e. The number of fused-ring (bicyclic) bond motifs is 1. The van der Waals surface area contributed by atoms with Crippen molar-refractivity contribution >= 4 is 0 Å². The first kappa shape index (κ1) is 14.5. The van der Waals surface area contributed by atoms with Gasteiger partial charge in [0.05, 0.1) is 6.10 Å². The molecule has 1 aliphatic carbocycles. The van der Waals surface area contributed by atoms with Crippen LogP contribution in [0.25, 0.3) is 0 Å². The third-order valence-corrected chi connectivity index (χ3v) is 3.84. The molecule has 2 heteroatoms. The van der Waals surface area contributed by atoms with Gasteiger partial charge in [0.15, 0.2) is 0 Å². The van der Waals surface area contributed by atoms with Crippen LogP contribution in [-0.4, -0.2) is 29.1 Å². The van der Waals surface area contributed by atoms with E-state index in [1.807, 2.05) is 6.07 Å². The highest BCUT2D eigenvalue weighted by Gasteiger charge is 2.35. The molecule has 0 saturated heterocycles. The van der Waals surface area contributed by atoms with Crippen LogP contribution in [-0.2, 0) is 6.42 Å². The summed E-state index contributed by atoms with van der Waals surface area (Å²) in [6, 6.07) is 8.58. The molecule has 0 radical (unpaired) electrons. The Morgan fingerprint density at radius 3 is 2.21 bits per heavy atom. The summed E-state index contributed by atoms with van der Waals surface area (Å²) in [7, 11) is 0. The van der Waals surface area contributed by atoms with Crippen LogP contribution in [0.3, 0.4) is 0 Å². The van der Waals surface area contributed by atoms with E-state index in [1.54, 1.807) is 0 Å². The van der Waals surface area contributed by atoms with Crippen LogP contribution in [0.2, 0.25) is 0 Å². The topological polar surface area (TPSA) is 23.5 Å². The van der Waals surface area contributed by atoms with E-state index in [2.05, 4.69) is 50.8 Å². The van der Waals surface area contributed by atoms with E-state index in [9.17, 15) is 5.11 Å². The maximum absolute atomic E-state index is 10.6. The van der Waals surface area contributed by atoms with Gasteiger partial charge in [0.2, 0.25) is 0 Å². The minimum absolute atomic E-state index is 0.252. The molecule has 2 nitrogen and oxygen atoms in total. The molecule has 0 heterocycles. The first-order chi connectivity index (χ1) is 8.99. The molecular formula is C17H27NO. The highest BCUT2D eigenvalue weighted by atomic mass is 16.3. The lowest BCUT2D eigenvalue weighted by Crippen LogP contribution is -2.42. The molecule has 1 N–H and O–H groups in total. The minimum Gasteiger partial charge on any atom is -0.387 e. The van der Waals surface area contributed by atoms with E-state index >= 15 is 0 Å². The highest BCUT2D eigenvalue weighted by molar-refractivity contribution is 5.35. The number of hydrogen-bond acceptors (Lipinski definition) is 2. The van der Waals surface area contributed by atoms with Crippen LogP contribution < -0.4 is 0 Å². The van der Waals surface area contributed by atoms with E-state index in [1.165, 1.54) is 5.56 Å². The summed E-state index contributed by atoms with van der Waals surface area (Å²) in [6.07, 6.45) is 0.658. The van der Waals surface area contributed by atoms with E-state index < -0.39 is 0 Å². The summed E-state index contributed by atoms with van der Waals surface area (Å²) in [6.45, 7) is 11.1. The molecular weight excluding hydrogens is 234 g/mol. The molecule has 1 aliphatic rings. The van der Waals surface area contributed by atoms with Crippen molar-refractivity contribution in [2.45, 2.75) is 46.3 Å². The van der Waals surface area contributed by atoms with Crippen molar-refractivity contribution in [1.29, 1.82) is 0 Å². The quantitative estimate of drug-likeness (QED) is 0.879. The van der Waals surface area contributed by atoms with E-state index in [4.69, 9.17) is 0 Å². The molecule has 0 fully saturated rings. The number of aliphatic hydroxyl groups excluding tert-OH is 1. The van der Waals surface area contributed by atoms with Gasteiger partial charge in [0.25, 0.3) is 0 Å². The van der Waals surface area contributed by atoms with Crippen LogP contribution in [0.15, 0.2) is 24.3 Å². The molecule has 0 bridgehead atoms. The molecule has 0 aromatic heterocycles. The predicted molar refractivity (Wildman–Crippen MR) is 80.1 cm³/mol. The Kier molecular flexibility index (Phi) is 4.64. The fourth-order valence-electron chi connectivity index (χ4n) is 3.16. The van der Waals surface area contributed by atoms with Crippen LogP contribution in [0.4, 0.5) is 0 Å². The molecule has 0 aliphatic heterocycles. The van der Waals surface area contributed by atoms with Crippen LogP contribution in [0, 0.1) is 11.8 Å². The number of hydrogen-bond donors (Lipinski definition) is 1. The zero-order valence-corrected chi connectivity index (χ0v) is 12.6. The van der Waals surface area contributed by atoms with E-state index in [-0.39, 0.29) is 12.1 Å². The van der Waals surface area contributed by atoms with Gasteiger partial charge in [-0.25, -0.2) is 0 Å². The average Bonchev–Trinajstić information content (AvgIpc) is 2.65. The molecule has 1 aromatic carbocycles. The van der Waals surface area contributed by atoms with Crippen molar-refractivity contribution in [1.82, 2.24) is 4.90 Å². The van der Waals surface area contributed by atoms with Gasteiger partial charge in [-0.05, 0) is 29.4 Å². The lowest BCUT2D eigenvalue weighted by atomic mass is 10.0. The Hall–Kier alpha value is -0.860. The van der Waals surface area contributed by atoms with Gasteiger partial charge in [-0.3, -0.25) is 4.90 Å². The van der Waals surface area contributed by atoms with Gasteiger partial charge >= 0.3 is 0 Å². The second-order valence-corrected chi connectivity index (χ2v) is 6.66. The van der Waals surface area contributed by atoms with Crippen LogP contribution in [0.5, 0.6) is 0 Å². The van der Waals surface area contributed by atoms with Gasteiger partial charge in [-0.15, -0.1) is 0 Å². The normalized spacial score (nSPS) is 22.5. The fourth-order valence-corrected chi connectivity index (χ4v) is 3.16. The standard InChI is InChI=1S/C17H27NO/c1-12(2)10-18(11-13(3)4)16-9-14-7-5-6-8-15(14)17(16)19/h5-8,12-13,16-17,19H,9-11H2,1-4H3. The van der Waals surface area contributed by atoms with Gasteiger partial charge in [0.1, 0.15) is 0 Å². The molecule has 0 amide bonds. The first-order valence-corrected chi connectivity index (χ1v) is 7.49. The van der Waals surface area contributed by atoms with E-state index in [0.717, 1.165) is 25.1 Å². The Morgan fingerprint density at radius 2 is 1.68 bits per heavy atom. The molecule has 0 saturated carbocycles. The van der Waals surface area contributed by atoms with Crippen molar-refractivity contribution < 1.29 is 5.11 Å². The fraction of sp³-hybridized carbons (Fsp3) is 0.647. The predicted octanol–water partition coefficient (Wildman–Crippen LogP) is 3.26.